The molecule has 1 unspecified atom stereocenters. The van der Waals surface area contributed by atoms with Crippen LogP contribution in [0.25, 0.3) is 0 Å². The van der Waals surface area contributed by atoms with Crippen molar-refractivity contribution in [2.45, 2.75) is 45.7 Å². The first-order chi connectivity index (χ1) is 7.83. The molecule has 0 heterocycles. The van der Waals surface area contributed by atoms with Crippen molar-refractivity contribution in [1.29, 1.82) is 0 Å². The van der Waals surface area contributed by atoms with Gasteiger partial charge in [-0.25, -0.2) is 0 Å². The summed E-state index contributed by atoms with van der Waals surface area (Å²) in [5.41, 5.74) is 0. The quantitative estimate of drug-likeness (QED) is 0.461. The summed E-state index contributed by atoms with van der Waals surface area (Å²) in [5, 5.41) is 0. The highest BCUT2D eigenvalue weighted by Gasteiger charge is 2.31. The van der Waals surface area contributed by atoms with Crippen LogP contribution in [0.1, 0.15) is 39.5 Å². The Morgan fingerprint density at radius 3 is 2.12 bits per heavy atom. The van der Waals surface area contributed by atoms with Crippen LogP contribution in [-0.2, 0) is 20.9 Å². The molecule has 104 valence electrons. The monoisotopic (exact) mass is 292 g/mol. The first-order valence-electron chi connectivity index (χ1n) is 5.78. The van der Waals surface area contributed by atoms with Crippen molar-refractivity contribution in [3.63, 3.8) is 0 Å². The molecule has 0 aromatic rings. The summed E-state index contributed by atoms with van der Waals surface area (Å²) < 4.78 is 46.5. The summed E-state index contributed by atoms with van der Waals surface area (Å²) in [4.78, 5) is 0. The Bertz CT molecular complexity index is 246. The van der Waals surface area contributed by atoms with Crippen LogP contribution >= 0.6 is 6.49 Å². The molecule has 17 heavy (non-hydrogen) atoms. The number of alkyl halides is 3. The summed E-state index contributed by atoms with van der Waals surface area (Å²) in [5.74, 6) is 0. The molecule has 0 saturated heterocycles. The van der Waals surface area contributed by atoms with Crippen molar-refractivity contribution in [3.8, 4) is 0 Å². The van der Waals surface area contributed by atoms with E-state index in [0.29, 0.717) is 12.8 Å². The molecule has 0 aromatic carbocycles. The highest BCUT2D eigenvalue weighted by molar-refractivity contribution is 8.09. The highest BCUT2D eigenvalue weighted by Crippen LogP contribution is 2.50. The van der Waals surface area contributed by atoms with E-state index in [9.17, 15) is 13.2 Å². The van der Waals surface area contributed by atoms with Crippen LogP contribution in [0.5, 0.6) is 0 Å². The van der Waals surface area contributed by atoms with Crippen LogP contribution in [0.3, 0.4) is 0 Å². The maximum atomic E-state index is 12.1. The summed E-state index contributed by atoms with van der Waals surface area (Å²) in [6, 6.07) is 0. The molecule has 1 atom stereocenters. The number of halogens is 3. The second kappa shape index (κ2) is 8.46. The van der Waals surface area contributed by atoms with Gasteiger partial charge < -0.3 is 9.05 Å². The van der Waals surface area contributed by atoms with E-state index in [1.165, 1.54) is 0 Å². The minimum absolute atomic E-state index is 0.384. The first-order valence-corrected chi connectivity index (χ1v) is 8.60. The van der Waals surface area contributed by atoms with E-state index in [-0.39, 0.29) is 0 Å². The molecule has 0 fully saturated rings. The molecule has 0 bridgehead atoms. The lowest BCUT2D eigenvalue weighted by Gasteiger charge is -2.23. The van der Waals surface area contributed by atoms with Crippen LogP contribution in [-0.4, -0.2) is 25.6 Å². The van der Waals surface area contributed by atoms with Gasteiger partial charge in [0.15, 0.2) is 6.49 Å². The number of hydrogen-bond donors (Lipinski definition) is 0. The molecule has 0 rings (SSSR count). The third-order valence-corrected chi connectivity index (χ3v) is 5.14. The van der Waals surface area contributed by atoms with Gasteiger partial charge in [-0.15, -0.1) is 0 Å². The predicted molar refractivity (Wildman–Crippen MR) is 66.9 cm³/mol. The molecule has 0 saturated carbocycles. The van der Waals surface area contributed by atoms with E-state index in [0.717, 1.165) is 25.7 Å². The molecule has 0 aliphatic rings. The fraction of sp³-hybridized carbons (Fsp3) is 1.00. The van der Waals surface area contributed by atoms with Gasteiger partial charge in [0.25, 0.3) is 0 Å². The van der Waals surface area contributed by atoms with E-state index in [2.05, 4.69) is 0 Å². The zero-order valence-corrected chi connectivity index (χ0v) is 12.0. The number of hydrogen-bond acceptors (Lipinski definition) is 3. The van der Waals surface area contributed by atoms with Crippen LogP contribution in [0.4, 0.5) is 13.2 Å². The smallest absolute Gasteiger partial charge is 0.329 e. The SMILES string of the molecule is CCCCOP(=S)(CCCC)OCC(F)(F)F. The second-order valence-corrected chi connectivity index (χ2v) is 7.62. The van der Waals surface area contributed by atoms with E-state index >= 15 is 0 Å². The van der Waals surface area contributed by atoms with Gasteiger partial charge in [-0.3, -0.25) is 0 Å². The predicted octanol–water partition coefficient (Wildman–Crippen LogP) is 4.49. The molecule has 2 nitrogen and oxygen atoms in total. The van der Waals surface area contributed by atoms with Crippen LogP contribution < -0.4 is 0 Å². The molecular formula is C10H20F3O2PS. The molecule has 0 N–H and O–H groups in total. The van der Waals surface area contributed by atoms with E-state index in [1.807, 2.05) is 13.8 Å². The summed E-state index contributed by atoms with van der Waals surface area (Å²) >= 11 is 5.12. The average Bonchev–Trinajstić information content (AvgIpc) is 2.24. The first kappa shape index (κ1) is 17.4. The number of unbranched alkanes of at least 4 members (excludes halogenated alkanes) is 2. The molecule has 0 spiro atoms. The van der Waals surface area contributed by atoms with Crippen molar-refractivity contribution < 1.29 is 22.2 Å². The third kappa shape index (κ3) is 10.0. The Hall–Kier alpha value is 0.360. The zero-order valence-electron chi connectivity index (χ0n) is 10.3. The fourth-order valence-corrected chi connectivity index (χ4v) is 3.59. The lowest BCUT2D eigenvalue weighted by Crippen LogP contribution is -2.17. The summed E-state index contributed by atoms with van der Waals surface area (Å²) in [6.45, 7) is 0.266. The average molecular weight is 292 g/mol. The molecular weight excluding hydrogens is 272 g/mol. The normalized spacial score (nSPS) is 15.8. The van der Waals surface area contributed by atoms with Gasteiger partial charge in [-0.05, 0) is 24.6 Å². The Kier molecular flexibility index (Phi) is 8.64. The largest absolute Gasteiger partial charge is 0.412 e. The molecule has 0 aromatic heterocycles. The second-order valence-electron chi connectivity index (χ2n) is 3.76. The van der Waals surface area contributed by atoms with Gasteiger partial charge in [-0.2, -0.15) is 13.2 Å². The lowest BCUT2D eigenvalue weighted by atomic mass is 10.4. The van der Waals surface area contributed by atoms with Gasteiger partial charge in [-0.1, -0.05) is 26.7 Å². The van der Waals surface area contributed by atoms with Gasteiger partial charge in [0, 0.05) is 6.16 Å². The van der Waals surface area contributed by atoms with Gasteiger partial charge in [0.2, 0.25) is 0 Å². The fourth-order valence-electron chi connectivity index (χ4n) is 1.04. The Morgan fingerprint density at radius 2 is 1.65 bits per heavy atom. The van der Waals surface area contributed by atoms with Crippen molar-refractivity contribution in [2.75, 3.05) is 19.4 Å². The minimum Gasteiger partial charge on any atom is -0.329 e. The van der Waals surface area contributed by atoms with Crippen molar-refractivity contribution in [3.05, 3.63) is 0 Å². The van der Waals surface area contributed by atoms with E-state index < -0.39 is 19.3 Å². The summed E-state index contributed by atoms with van der Waals surface area (Å²) in [7, 11) is 0. The molecule has 0 aliphatic heterocycles. The lowest BCUT2D eigenvalue weighted by molar-refractivity contribution is -0.153. The van der Waals surface area contributed by atoms with Crippen molar-refractivity contribution in [1.82, 2.24) is 0 Å². The van der Waals surface area contributed by atoms with Gasteiger partial charge in [0.1, 0.15) is 6.61 Å². The maximum Gasteiger partial charge on any atom is 0.412 e. The topological polar surface area (TPSA) is 18.5 Å². The Balaban J connectivity index is 4.23. The zero-order chi connectivity index (χ0) is 13.4. The van der Waals surface area contributed by atoms with Crippen LogP contribution in [0.2, 0.25) is 0 Å². The van der Waals surface area contributed by atoms with Crippen molar-refractivity contribution >= 4 is 18.3 Å². The van der Waals surface area contributed by atoms with Gasteiger partial charge in [0.05, 0.1) is 6.61 Å². The van der Waals surface area contributed by atoms with Crippen molar-refractivity contribution in [2.24, 2.45) is 0 Å². The molecule has 0 amide bonds. The molecule has 0 aliphatic carbocycles. The maximum absolute atomic E-state index is 12.1. The summed E-state index contributed by atoms with van der Waals surface area (Å²) in [6.07, 6.45) is -0.614. The Labute approximate surface area is 106 Å². The molecule has 0 radical (unpaired) electrons. The van der Waals surface area contributed by atoms with E-state index in [1.54, 1.807) is 0 Å². The highest BCUT2D eigenvalue weighted by atomic mass is 32.5. The van der Waals surface area contributed by atoms with Crippen LogP contribution in [0.15, 0.2) is 0 Å². The van der Waals surface area contributed by atoms with E-state index in [4.69, 9.17) is 20.9 Å². The third-order valence-electron chi connectivity index (χ3n) is 2.00. The standard InChI is InChI=1S/C10H20F3O2PS/c1-3-5-7-14-16(17,8-6-4-2)15-9-10(11,12)13/h3-9H2,1-2H3. The molecule has 7 heteroatoms. The minimum atomic E-state index is -4.34. The van der Waals surface area contributed by atoms with Crippen LogP contribution in [0, 0.1) is 0 Å². The Morgan fingerprint density at radius 1 is 1.06 bits per heavy atom. The number of rotatable bonds is 9. The van der Waals surface area contributed by atoms with Gasteiger partial charge >= 0.3 is 6.18 Å².